The van der Waals surface area contributed by atoms with Crippen LogP contribution < -0.4 is 14.8 Å². The summed E-state index contributed by atoms with van der Waals surface area (Å²) in [5.41, 5.74) is 0.823. The molecule has 1 rings (SSSR count). The summed E-state index contributed by atoms with van der Waals surface area (Å²) >= 11 is 5.65. The van der Waals surface area contributed by atoms with Gasteiger partial charge in [0.25, 0.3) is 0 Å². The minimum Gasteiger partial charge on any atom is -0.497 e. The quantitative estimate of drug-likeness (QED) is 0.756. The molecule has 0 fully saturated rings. The fourth-order valence-electron chi connectivity index (χ4n) is 2.32. The van der Waals surface area contributed by atoms with Crippen molar-refractivity contribution in [1.82, 2.24) is 4.90 Å². The average Bonchev–Trinajstić information content (AvgIpc) is 2.54. The number of ether oxygens (including phenoxy) is 2. The molecule has 22 heavy (non-hydrogen) atoms. The van der Waals surface area contributed by atoms with E-state index in [1.807, 2.05) is 18.2 Å². The van der Waals surface area contributed by atoms with Crippen molar-refractivity contribution < 1.29 is 9.47 Å². The molecule has 2 unspecified atom stereocenters. The molecule has 4 nitrogen and oxygen atoms in total. The van der Waals surface area contributed by atoms with Crippen molar-refractivity contribution in [2.75, 3.05) is 19.5 Å². The molecule has 5 heteroatoms. The highest BCUT2D eigenvalue weighted by Crippen LogP contribution is 2.29. The van der Waals surface area contributed by atoms with Gasteiger partial charge in [0.05, 0.1) is 19.9 Å². The largest absolute Gasteiger partial charge is 0.497 e. The van der Waals surface area contributed by atoms with Gasteiger partial charge in [-0.05, 0) is 51.0 Å². The van der Waals surface area contributed by atoms with Crippen LogP contribution in [0.4, 0.5) is 5.69 Å². The highest BCUT2D eigenvalue weighted by atomic mass is 32.1. The zero-order valence-electron chi connectivity index (χ0n) is 14.5. The van der Waals surface area contributed by atoms with Crippen LogP contribution in [0.2, 0.25) is 0 Å². The first-order chi connectivity index (χ1) is 10.5. The predicted molar refractivity (Wildman–Crippen MR) is 97.1 cm³/mol. The van der Waals surface area contributed by atoms with Gasteiger partial charge in [0.1, 0.15) is 11.5 Å². The van der Waals surface area contributed by atoms with E-state index in [-0.39, 0.29) is 0 Å². The normalized spacial score (nSPS) is 13.2. The topological polar surface area (TPSA) is 33.7 Å². The Labute approximate surface area is 139 Å². The first-order valence-electron chi connectivity index (χ1n) is 7.79. The Kier molecular flexibility index (Phi) is 7.45. The second-order valence-corrected chi connectivity index (χ2v) is 5.80. The van der Waals surface area contributed by atoms with E-state index in [9.17, 15) is 0 Å². The van der Waals surface area contributed by atoms with E-state index in [4.69, 9.17) is 21.7 Å². The maximum Gasteiger partial charge on any atom is 0.174 e. The molecule has 1 aromatic carbocycles. The molecule has 0 aromatic heterocycles. The first-order valence-corrected chi connectivity index (χ1v) is 8.20. The molecule has 0 amide bonds. The van der Waals surface area contributed by atoms with Gasteiger partial charge in [0.15, 0.2) is 5.11 Å². The van der Waals surface area contributed by atoms with Gasteiger partial charge in [-0.2, -0.15) is 0 Å². The van der Waals surface area contributed by atoms with Crippen LogP contribution in [0.15, 0.2) is 18.2 Å². The van der Waals surface area contributed by atoms with Crippen molar-refractivity contribution in [3.05, 3.63) is 18.2 Å². The molecule has 0 bridgehead atoms. The average molecular weight is 324 g/mol. The van der Waals surface area contributed by atoms with Crippen LogP contribution in [-0.4, -0.2) is 36.3 Å². The Morgan fingerprint density at radius 1 is 1.14 bits per heavy atom. The summed E-state index contributed by atoms with van der Waals surface area (Å²) < 4.78 is 10.7. The molecule has 0 spiro atoms. The highest BCUT2D eigenvalue weighted by Gasteiger charge is 2.21. The van der Waals surface area contributed by atoms with E-state index in [0.717, 1.165) is 35.1 Å². The van der Waals surface area contributed by atoms with Gasteiger partial charge in [-0.15, -0.1) is 0 Å². The number of anilines is 1. The lowest BCUT2D eigenvalue weighted by molar-refractivity contribution is 0.254. The highest BCUT2D eigenvalue weighted by molar-refractivity contribution is 7.80. The van der Waals surface area contributed by atoms with Crippen molar-refractivity contribution in [3.63, 3.8) is 0 Å². The second kappa shape index (κ2) is 8.83. The third-order valence-corrected chi connectivity index (χ3v) is 4.33. The Bertz CT molecular complexity index is 484. The van der Waals surface area contributed by atoms with Gasteiger partial charge in [-0.1, -0.05) is 13.8 Å². The molecule has 0 heterocycles. The summed E-state index contributed by atoms with van der Waals surface area (Å²) in [5.74, 6) is 1.51. The minimum absolute atomic E-state index is 0.381. The zero-order chi connectivity index (χ0) is 16.7. The van der Waals surface area contributed by atoms with Gasteiger partial charge >= 0.3 is 0 Å². The van der Waals surface area contributed by atoms with Crippen molar-refractivity contribution in [2.24, 2.45) is 0 Å². The smallest absolute Gasteiger partial charge is 0.174 e. The molecule has 0 aliphatic heterocycles. The monoisotopic (exact) mass is 324 g/mol. The summed E-state index contributed by atoms with van der Waals surface area (Å²) in [7, 11) is 3.30. The SMILES string of the molecule is CCC(C)N(C(=S)Nc1cc(OC)ccc1OC)C(C)CC. The van der Waals surface area contributed by atoms with E-state index >= 15 is 0 Å². The molecule has 1 aromatic rings. The fourth-order valence-corrected chi connectivity index (χ4v) is 2.79. The van der Waals surface area contributed by atoms with Crippen LogP contribution in [0.1, 0.15) is 40.5 Å². The number of nitrogens with zero attached hydrogens (tertiary/aromatic N) is 1. The zero-order valence-corrected chi connectivity index (χ0v) is 15.3. The van der Waals surface area contributed by atoms with E-state index in [0.29, 0.717) is 12.1 Å². The van der Waals surface area contributed by atoms with Crippen LogP contribution in [0.3, 0.4) is 0 Å². The fraction of sp³-hybridized carbons (Fsp3) is 0.588. The Morgan fingerprint density at radius 2 is 1.73 bits per heavy atom. The Morgan fingerprint density at radius 3 is 2.18 bits per heavy atom. The molecule has 0 radical (unpaired) electrons. The lowest BCUT2D eigenvalue weighted by atomic mass is 10.1. The number of hydrogen-bond donors (Lipinski definition) is 1. The molecule has 124 valence electrons. The third kappa shape index (κ3) is 4.50. The van der Waals surface area contributed by atoms with Crippen molar-refractivity contribution >= 4 is 23.0 Å². The molecule has 0 aliphatic rings. The van der Waals surface area contributed by atoms with E-state index in [1.54, 1.807) is 14.2 Å². The number of methoxy groups -OCH3 is 2. The summed E-state index contributed by atoms with van der Waals surface area (Å²) in [6.45, 7) is 8.75. The molecular formula is C17H28N2O2S. The molecule has 0 saturated heterocycles. The van der Waals surface area contributed by atoms with Gasteiger partial charge in [0.2, 0.25) is 0 Å². The number of thiocarbonyl (C=S) groups is 1. The molecule has 1 N–H and O–H groups in total. The number of hydrogen-bond acceptors (Lipinski definition) is 3. The van der Waals surface area contributed by atoms with Crippen molar-refractivity contribution in [3.8, 4) is 11.5 Å². The predicted octanol–water partition coefficient (Wildman–Crippen LogP) is 4.30. The van der Waals surface area contributed by atoms with Crippen molar-refractivity contribution in [1.29, 1.82) is 0 Å². The van der Waals surface area contributed by atoms with Crippen LogP contribution in [-0.2, 0) is 0 Å². The summed E-state index contributed by atoms with van der Waals surface area (Å²) in [5, 5.41) is 4.04. The van der Waals surface area contributed by atoms with Gasteiger partial charge in [-0.3, -0.25) is 0 Å². The van der Waals surface area contributed by atoms with E-state index in [1.165, 1.54) is 0 Å². The maximum absolute atomic E-state index is 5.65. The maximum atomic E-state index is 5.65. The van der Waals surface area contributed by atoms with E-state index in [2.05, 4.69) is 37.9 Å². The van der Waals surface area contributed by atoms with Gasteiger partial charge < -0.3 is 19.7 Å². The van der Waals surface area contributed by atoms with Gasteiger partial charge in [-0.25, -0.2) is 0 Å². The van der Waals surface area contributed by atoms with Gasteiger partial charge in [0, 0.05) is 18.2 Å². The van der Waals surface area contributed by atoms with Crippen LogP contribution in [0.5, 0.6) is 11.5 Å². The summed E-state index contributed by atoms with van der Waals surface area (Å²) in [6, 6.07) is 6.41. The lowest BCUT2D eigenvalue weighted by Crippen LogP contribution is -2.46. The first kappa shape index (κ1) is 18.6. The number of rotatable bonds is 7. The molecular weight excluding hydrogens is 296 g/mol. The number of benzene rings is 1. The second-order valence-electron chi connectivity index (χ2n) is 5.42. The lowest BCUT2D eigenvalue weighted by Gasteiger charge is -2.36. The summed E-state index contributed by atoms with van der Waals surface area (Å²) in [4.78, 5) is 2.26. The summed E-state index contributed by atoms with van der Waals surface area (Å²) in [6.07, 6.45) is 2.09. The molecule has 2 atom stereocenters. The van der Waals surface area contributed by atoms with Crippen LogP contribution in [0.25, 0.3) is 0 Å². The Hall–Kier alpha value is -1.49. The molecule has 0 aliphatic carbocycles. The molecule has 0 saturated carbocycles. The van der Waals surface area contributed by atoms with Crippen LogP contribution in [0, 0.1) is 0 Å². The number of nitrogens with one attached hydrogen (secondary N) is 1. The Balaban J connectivity index is 3.02. The third-order valence-electron chi connectivity index (χ3n) is 4.01. The minimum atomic E-state index is 0.381. The standard InChI is InChI=1S/C17H28N2O2S/c1-7-12(3)19(13(4)8-2)17(22)18-15-11-14(20-5)9-10-16(15)21-6/h9-13H,7-8H2,1-6H3,(H,18,22). The van der Waals surface area contributed by atoms with Crippen LogP contribution >= 0.6 is 12.2 Å². The van der Waals surface area contributed by atoms with Crippen molar-refractivity contribution in [2.45, 2.75) is 52.6 Å². The van der Waals surface area contributed by atoms with E-state index < -0.39 is 0 Å².